The second kappa shape index (κ2) is 1.88. The van der Waals surface area contributed by atoms with Gasteiger partial charge in [0.15, 0.2) is 11.5 Å². The van der Waals surface area contributed by atoms with Crippen LogP contribution in [0.3, 0.4) is 0 Å². The molecule has 1 unspecified atom stereocenters. The van der Waals surface area contributed by atoms with Crippen molar-refractivity contribution in [3.05, 3.63) is 11.6 Å². The van der Waals surface area contributed by atoms with Gasteiger partial charge in [-0.25, -0.2) is 5.84 Å². The Labute approximate surface area is 62.3 Å². The molecule has 0 aromatic rings. The van der Waals surface area contributed by atoms with Gasteiger partial charge in [-0.15, -0.1) is 5.10 Å². The van der Waals surface area contributed by atoms with Crippen molar-refractivity contribution in [1.82, 2.24) is 10.0 Å². The Morgan fingerprint density at radius 3 is 3.20 bits per heavy atom. The fourth-order valence-corrected chi connectivity index (χ4v) is 1.59. The highest BCUT2D eigenvalue weighted by atomic mass is 32.2. The molecule has 2 rings (SSSR count). The van der Waals surface area contributed by atoms with Crippen molar-refractivity contribution in [2.24, 2.45) is 16.7 Å². The molecule has 5 nitrogen and oxygen atoms in total. The van der Waals surface area contributed by atoms with Crippen LogP contribution in [0.25, 0.3) is 0 Å². The Bertz CT molecular complexity index is 212. The van der Waals surface area contributed by atoms with E-state index in [9.17, 15) is 0 Å². The van der Waals surface area contributed by atoms with E-state index in [4.69, 9.17) is 11.6 Å². The van der Waals surface area contributed by atoms with E-state index in [1.165, 1.54) is 16.9 Å². The third kappa shape index (κ3) is 0.634. The average molecular weight is 157 g/mol. The van der Waals surface area contributed by atoms with E-state index in [0.717, 1.165) is 5.17 Å². The van der Waals surface area contributed by atoms with Crippen molar-refractivity contribution in [2.45, 2.75) is 6.29 Å². The van der Waals surface area contributed by atoms with E-state index in [1.807, 2.05) is 16.5 Å². The summed E-state index contributed by atoms with van der Waals surface area (Å²) in [6.07, 6.45) is 1.53. The number of hydrogen-bond donors (Lipinski definition) is 2. The Morgan fingerprint density at radius 1 is 1.70 bits per heavy atom. The Balaban J connectivity index is 2.27. The predicted octanol–water partition coefficient (Wildman–Crippen LogP) is -0.791. The number of hydrazone groups is 1. The predicted molar refractivity (Wildman–Crippen MR) is 40.0 cm³/mol. The largest absolute Gasteiger partial charge is 0.291 e. The SMILES string of the molecule is NC1N(N)N=C2SC=CN21. The molecular weight excluding hydrogens is 150 g/mol. The first-order valence-corrected chi connectivity index (χ1v) is 3.67. The molecule has 54 valence electrons. The molecule has 0 fully saturated rings. The molecule has 0 saturated carbocycles. The number of nitrogens with two attached hydrogens (primary N) is 2. The zero-order valence-corrected chi connectivity index (χ0v) is 5.95. The summed E-state index contributed by atoms with van der Waals surface area (Å²) in [5.74, 6) is 5.40. The number of hydrazine groups is 1. The fraction of sp³-hybridized carbons (Fsp3) is 0.250. The summed E-state index contributed by atoms with van der Waals surface area (Å²) in [5, 5.41) is 7.97. The summed E-state index contributed by atoms with van der Waals surface area (Å²) in [6.45, 7) is 0. The second-order valence-corrected chi connectivity index (χ2v) is 2.86. The van der Waals surface area contributed by atoms with Crippen molar-refractivity contribution < 1.29 is 0 Å². The molecule has 0 amide bonds. The van der Waals surface area contributed by atoms with Crippen molar-refractivity contribution in [3.63, 3.8) is 0 Å². The van der Waals surface area contributed by atoms with Crippen LogP contribution in [-0.2, 0) is 0 Å². The van der Waals surface area contributed by atoms with Crippen LogP contribution in [0.1, 0.15) is 0 Å². The molecule has 2 aliphatic rings. The van der Waals surface area contributed by atoms with Gasteiger partial charge in [-0.2, -0.15) is 5.12 Å². The summed E-state index contributed by atoms with van der Waals surface area (Å²) in [5.41, 5.74) is 5.61. The van der Waals surface area contributed by atoms with E-state index in [0.29, 0.717) is 0 Å². The fourth-order valence-electron chi connectivity index (χ4n) is 0.843. The summed E-state index contributed by atoms with van der Waals surface area (Å²) < 4.78 is 0. The number of thioether (sulfide) groups is 1. The maximum absolute atomic E-state index is 5.61. The van der Waals surface area contributed by atoms with Gasteiger partial charge in [0.2, 0.25) is 0 Å². The smallest absolute Gasteiger partial charge is 0.196 e. The lowest BCUT2D eigenvalue weighted by molar-refractivity contribution is 0.167. The van der Waals surface area contributed by atoms with Gasteiger partial charge in [-0.05, 0) is 5.41 Å². The summed E-state index contributed by atoms with van der Waals surface area (Å²) in [4.78, 5) is 1.81. The molecule has 2 aliphatic heterocycles. The van der Waals surface area contributed by atoms with Gasteiger partial charge in [0, 0.05) is 6.20 Å². The van der Waals surface area contributed by atoms with Crippen LogP contribution < -0.4 is 11.6 Å². The van der Waals surface area contributed by atoms with Gasteiger partial charge in [-0.1, -0.05) is 11.8 Å². The molecule has 1 atom stereocenters. The van der Waals surface area contributed by atoms with Crippen LogP contribution >= 0.6 is 11.8 Å². The van der Waals surface area contributed by atoms with Crippen LogP contribution in [0, 0.1) is 0 Å². The molecule has 0 aromatic carbocycles. The highest BCUT2D eigenvalue weighted by Gasteiger charge is 2.30. The standard InChI is InChI=1S/C4H7N5S/c5-3-8-1-2-10-4(8)7-9(3)6/h1-3H,5-6H2. The molecule has 6 heteroatoms. The molecular formula is C4H7N5S. The molecule has 0 aromatic heterocycles. The number of nitrogens with zero attached hydrogens (tertiary/aromatic N) is 3. The van der Waals surface area contributed by atoms with Crippen LogP contribution in [-0.4, -0.2) is 21.5 Å². The third-order valence-electron chi connectivity index (χ3n) is 1.37. The van der Waals surface area contributed by atoms with Crippen LogP contribution in [0.4, 0.5) is 0 Å². The zero-order valence-electron chi connectivity index (χ0n) is 5.14. The first kappa shape index (κ1) is 6.02. The lowest BCUT2D eigenvalue weighted by Gasteiger charge is -2.18. The Hall–Kier alpha value is -0.720. The van der Waals surface area contributed by atoms with Crippen molar-refractivity contribution in [1.29, 1.82) is 0 Å². The quantitative estimate of drug-likeness (QED) is 0.451. The third-order valence-corrected chi connectivity index (χ3v) is 2.13. The van der Waals surface area contributed by atoms with Gasteiger partial charge in [0.05, 0.1) is 0 Å². The van der Waals surface area contributed by atoms with Gasteiger partial charge in [0.1, 0.15) is 0 Å². The molecule has 0 saturated heterocycles. The Kier molecular flexibility index (Phi) is 1.13. The van der Waals surface area contributed by atoms with E-state index in [1.54, 1.807) is 0 Å². The first-order chi connectivity index (χ1) is 4.79. The average Bonchev–Trinajstić information content (AvgIpc) is 2.41. The number of rotatable bonds is 0. The molecule has 10 heavy (non-hydrogen) atoms. The Morgan fingerprint density at radius 2 is 2.50 bits per heavy atom. The van der Waals surface area contributed by atoms with Crippen LogP contribution in [0.15, 0.2) is 16.7 Å². The van der Waals surface area contributed by atoms with E-state index < -0.39 is 0 Å². The molecule has 2 heterocycles. The van der Waals surface area contributed by atoms with E-state index in [2.05, 4.69) is 5.10 Å². The first-order valence-electron chi connectivity index (χ1n) is 2.79. The molecule has 0 spiro atoms. The zero-order chi connectivity index (χ0) is 7.14. The van der Waals surface area contributed by atoms with Crippen molar-refractivity contribution in [3.8, 4) is 0 Å². The lowest BCUT2D eigenvalue weighted by atomic mass is 10.7. The molecule has 4 N–H and O–H groups in total. The van der Waals surface area contributed by atoms with E-state index in [-0.39, 0.29) is 6.29 Å². The minimum absolute atomic E-state index is 0.332. The summed E-state index contributed by atoms with van der Waals surface area (Å²) in [7, 11) is 0. The van der Waals surface area contributed by atoms with Crippen molar-refractivity contribution >= 4 is 16.9 Å². The normalized spacial score (nSPS) is 29.4. The minimum Gasteiger partial charge on any atom is -0.291 e. The number of hydrogen-bond acceptors (Lipinski definition) is 6. The molecule has 0 bridgehead atoms. The minimum atomic E-state index is -0.332. The van der Waals surface area contributed by atoms with Crippen molar-refractivity contribution in [2.75, 3.05) is 0 Å². The van der Waals surface area contributed by atoms with Gasteiger partial charge in [0.25, 0.3) is 0 Å². The maximum atomic E-state index is 5.61. The summed E-state index contributed by atoms with van der Waals surface area (Å²) in [6, 6.07) is 0. The molecule has 0 radical (unpaired) electrons. The highest BCUT2D eigenvalue weighted by molar-refractivity contribution is 8.16. The lowest BCUT2D eigenvalue weighted by Crippen LogP contribution is -2.47. The van der Waals surface area contributed by atoms with Crippen LogP contribution in [0.5, 0.6) is 0 Å². The monoisotopic (exact) mass is 157 g/mol. The van der Waals surface area contributed by atoms with Gasteiger partial charge >= 0.3 is 0 Å². The second-order valence-electron chi connectivity index (χ2n) is 1.99. The van der Waals surface area contributed by atoms with E-state index >= 15 is 0 Å². The number of amidine groups is 1. The molecule has 0 aliphatic carbocycles. The summed E-state index contributed by atoms with van der Waals surface area (Å²) >= 11 is 1.51. The van der Waals surface area contributed by atoms with Crippen LogP contribution in [0.2, 0.25) is 0 Å². The number of fused-ring (bicyclic) bond motifs is 1. The highest BCUT2D eigenvalue weighted by Crippen LogP contribution is 2.25. The van der Waals surface area contributed by atoms with Gasteiger partial charge in [-0.3, -0.25) is 10.6 Å². The topological polar surface area (TPSA) is 70.9 Å². The maximum Gasteiger partial charge on any atom is 0.196 e. The van der Waals surface area contributed by atoms with Gasteiger partial charge < -0.3 is 0 Å².